The van der Waals surface area contributed by atoms with Crippen LogP contribution in [0.15, 0.2) is 24.3 Å². The van der Waals surface area contributed by atoms with Gasteiger partial charge in [-0.25, -0.2) is 0 Å². The van der Waals surface area contributed by atoms with Crippen LogP contribution in [0.1, 0.15) is 54.9 Å². The number of aromatic hydroxyl groups is 2. The van der Waals surface area contributed by atoms with Crippen LogP contribution in [0.3, 0.4) is 0 Å². The summed E-state index contributed by atoms with van der Waals surface area (Å²) in [7, 11) is 0. The Morgan fingerprint density at radius 2 is 1.81 bits per heavy atom. The molecule has 112 valence electrons. The van der Waals surface area contributed by atoms with Gasteiger partial charge in [-0.2, -0.15) is 0 Å². The minimum atomic E-state index is -0.299. The quantitative estimate of drug-likeness (QED) is 0.459. The Labute approximate surface area is 125 Å². The lowest BCUT2D eigenvalue weighted by atomic mass is 9.98. The molecule has 0 heterocycles. The van der Waals surface area contributed by atoms with Gasteiger partial charge in [0.25, 0.3) is 0 Å². The van der Waals surface area contributed by atoms with Crippen LogP contribution in [-0.2, 0) is 0 Å². The van der Waals surface area contributed by atoms with Crippen molar-refractivity contribution in [1.82, 2.24) is 0 Å². The molecule has 21 heavy (non-hydrogen) atoms. The number of ketones is 1. The molecule has 0 aromatic heterocycles. The monoisotopic (exact) mass is 286 g/mol. The summed E-state index contributed by atoms with van der Waals surface area (Å²) < 4.78 is 0. The minimum Gasteiger partial charge on any atom is -0.504 e. The maximum atomic E-state index is 12.2. The summed E-state index contributed by atoms with van der Waals surface area (Å²) in [6.45, 7) is 4.08. The Morgan fingerprint density at radius 3 is 2.52 bits per heavy atom. The number of carbonyl (C=O) groups excluding carboxylic acids is 1. The van der Waals surface area contributed by atoms with Gasteiger partial charge in [0, 0.05) is 11.8 Å². The van der Waals surface area contributed by atoms with E-state index in [1.165, 1.54) is 0 Å². The van der Waals surface area contributed by atoms with Gasteiger partial charge in [-0.3, -0.25) is 4.79 Å². The predicted molar refractivity (Wildman–Crippen MR) is 85.1 cm³/mol. The van der Waals surface area contributed by atoms with Gasteiger partial charge in [0.15, 0.2) is 17.3 Å². The van der Waals surface area contributed by atoms with E-state index in [1.807, 2.05) is 19.1 Å². The Bertz CT molecular complexity index is 659. The molecule has 0 saturated heterocycles. The van der Waals surface area contributed by atoms with E-state index in [2.05, 4.69) is 6.92 Å². The fraction of sp³-hybridized carbons (Fsp3) is 0.389. The number of fused-ring (bicyclic) bond motifs is 1. The molecule has 0 radical (unpaired) electrons. The zero-order chi connectivity index (χ0) is 15.4. The van der Waals surface area contributed by atoms with Crippen molar-refractivity contribution in [3.8, 4) is 11.5 Å². The second kappa shape index (κ2) is 6.61. The molecule has 2 aromatic carbocycles. The number of phenolic OH excluding ortho intramolecular Hbond substituents is 2. The van der Waals surface area contributed by atoms with Crippen molar-refractivity contribution in [3.63, 3.8) is 0 Å². The maximum absolute atomic E-state index is 12.2. The van der Waals surface area contributed by atoms with E-state index in [-0.39, 0.29) is 22.8 Å². The lowest BCUT2D eigenvalue weighted by Crippen LogP contribution is -2.00. The molecular weight excluding hydrogens is 264 g/mol. The molecule has 0 fully saturated rings. The van der Waals surface area contributed by atoms with Crippen molar-refractivity contribution >= 4 is 16.6 Å². The van der Waals surface area contributed by atoms with Gasteiger partial charge in [-0.1, -0.05) is 49.9 Å². The van der Waals surface area contributed by atoms with Crippen LogP contribution in [0.5, 0.6) is 11.5 Å². The van der Waals surface area contributed by atoms with E-state index < -0.39 is 0 Å². The highest BCUT2D eigenvalue weighted by Crippen LogP contribution is 2.38. The first kappa shape index (κ1) is 15.4. The number of unbranched alkanes of at least 4 members (excludes halogenated alkanes) is 3. The highest BCUT2D eigenvalue weighted by atomic mass is 16.3. The standard InChI is InChI=1S/C18H22O3/c1-3-4-5-6-7-16(19)15-11-13-10-12(2)8-9-14(13)17(20)18(15)21/h8-11,20-21H,3-7H2,1-2H3. The van der Waals surface area contributed by atoms with Gasteiger partial charge in [0.05, 0.1) is 5.56 Å². The first-order valence-electron chi connectivity index (χ1n) is 7.53. The van der Waals surface area contributed by atoms with E-state index in [0.717, 1.165) is 36.6 Å². The van der Waals surface area contributed by atoms with Crippen molar-refractivity contribution in [2.24, 2.45) is 0 Å². The fourth-order valence-electron chi connectivity index (χ4n) is 2.56. The SMILES string of the molecule is CCCCCCC(=O)c1cc2cc(C)ccc2c(O)c1O. The van der Waals surface area contributed by atoms with E-state index in [9.17, 15) is 15.0 Å². The molecule has 0 aliphatic carbocycles. The highest BCUT2D eigenvalue weighted by Gasteiger charge is 2.17. The normalized spacial score (nSPS) is 11.0. The van der Waals surface area contributed by atoms with Crippen LogP contribution in [0.25, 0.3) is 10.8 Å². The molecule has 0 saturated carbocycles. The number of aryl methyl sites for hydroxylation is 1. The third-order valence-corrected chi connectivity index (χ3v) is 3.80. The van der Waals surface area contributed by atoms with Crippen LogP contribution in [-0.4, -0.2) is 16.0 Å². The average molecular weight is 286 g/mol. The molecule has 2 N–H and O–H groups in total. The number of carbonyl (C=O) groups is 1. The van der Waals surface area contributed by atoms with Crippen LogP contribution in [0.4, 0.5) is 0 Å². The Balaban J connectivity index is 2.31. The Hall–Kier alpha value is -2.03. The molecule has 0 atom stereocenters. The van der Waals surface area contributed by atoms with Gasteiger partial charge in [0.1, 0.15) is 0 Å². The summed E-state index contributed by atoms with van der Waals surface area (Å²) in [5.41, 5.74) is 1.27. The van der Waals surface area contributed by atoms with E-state index in [1.54, 1.807) is 12.1 Å². The lowest BCUT2D eigenvalue weighted by Gasteiger charge is -2.10. The van der Waals surface area contributed by atoms with Gasteiger partial charge in [-0.15, -0.1) is 0 Å². The number of hydrogen-bond acceptors (Lipinski definition) is 3. The molecule has 3 nitrogen and oxygen atoms in total. The average Bonchev–Trinajstić information content (AvgIpc) is 2.47. The van der Waals surface area contributed by atoms with Crippen molar-refractivity contribution < 1.29 is 15.0 Å². The summed E-state index contributed by atoms with van der Waals surface area (Å²) in [6.07, 6.45) is 4.47. The summed E-state index contributed by atoms with van der Waals surface area (Å²) in [4.78, 5) is 12.2. The second-order valence-electron chi connectivity index (χ2n) is 5.58. The molecule has 0 aliphatic rings. The second-order valence-corrected chi connectivity index (χ2v) is 5.58. The van der Waals surface area contributed by atoms with Crippen molar-refractivity contribution in [2.45, 2.75) is 46.0 Å². The molecule has 2 aromatic rings. The number of rotatable bonds is 6. The summed E-state index contributed by atoms with van der Waals surface area (Å²) in [5, 5.41) is 21.5. The summed E-state index contributed by atoms with van der Waals surface area (Å²) >= 11 is 0. The fourth-order valence-corrected chi connectivity index (χ4v) is 2.56. The molecule has 0 spiro atoms. The molecule has 3 heteroatoms. The Kier molecular flexibility index (Phi) is 4.84. The molecular formula is C18H22O3. The number of Topliss-reactive ketones (excluding diaryl/α,β-unsaturated/α-hetero) is 1. The topological polar surface area (TPSA) is 57.5 Å². The van der Waals surface area contributed by atoms with Crippen LogP contribution < -0.4 is 0 Å². The maximum Gasteiger partial charge on any atom is 0.169 e. The van der Waals surface area contributed by atoms with E-state index in [4.69, 9.17) is 0 Å². The largest absolute Gasteiger partial charge is 0.504 e. The first-order valence-corrected chi connectivity index (χ1v) is 7.53. The summed E-state index contributed by atoms with van der Waals surface area (Å²) in [6, 6.07) is 7.21. The van der Waals surface area contributed by atoms with Gasteiger partial charge in [0.2, 0.25) is 0 Å². The third-order valence-electron chi connectivity index (χ3n) is 3.80. The van der Waals surface area contributed by atoms with E-state index in [0.29, 0.717) is 11.8 Å². The molecule has 0 amide bonds. The molecule has 0 unspecified atom stereocenters. The smallest absolute Gasteiger partial charge is 0.169 e. The molecule has 2 rings (SSSR count). The van der Waals surface area contributed by atoms with Crippen molar-refractivity contribution in [3.05, 3.63) is 35.4 Å². The summed E-state index contributed by atoms with van der Waals surface area (Å²) in [5.74, 6) is -0.612. The molecule has 0 aliphatic heterocycles. The lowest BCUT2D eigenvalue weighted by molar-refractivity contribution is 0.0976. The highest BCUT2D eigenvalue weighted by molar-refractivity contribution is 6.05. The van der Waals surface area contributed by atoms with Crippen molar-refractivity contribution in [1.29, 1.82) is 0 Å². The number of hydrogen-bond donors (Lipinski definition) is 2. The van der Waals surface area contributed by atoms with Crippen LogP contribution >= 0.6 is 0 Å². The number of phenols is 2. The Morgan fingerprint density at radius 1 is 1.05 bits per heavy atom. The van der Waals surface area contributed by atoms with Crippen molar-refractivity contribution in [2.75, 3.05) is 0 Å². The zero-order valence-electron chi connectivity index (χ0n) is 12.6. The minimum absolute atomic E-state index is 0.109. The van der Waals surface area contributed by atoms with Crippen LogP contribution in [0, 0.1) is 6.92 Å². The predicted octanol–water partition coefficient (Wildman–Crippen LogP) is 4.71. The van der Waals surface area contributed by atoms with Gasteiger partial charge >= 0.3 is 0 Å². The zero-order valence-corrected chi connectivity index (χ0v) is 12.6. The van der Waals surface area contributed by atoms with Gasteiger partial charge < -0.3 is 10.2 Å². The van der Waals surface area contributed by atoms with E-state index >= 15 is 0 Å². The van der Waals surface area contributed by atoms with Crippen LogP contribution in [0.2, 0.25) is 0 Å². The molecule has 0 bridgehead atoms. The van der Waals surface area contributed by atoms with Gasteiger partial charge in [-0.05, 0) is 24.8 Å². The first-order chi connectivity index (χ1) is 10.0. The number of benzene rings is 2. The third kappa shape index (κ3) is 3.35.